The second kappa shape index (κ2) is 6.83. The lowest BCUT2D eigenvalue weighted by molar-refractivity contribution is 0.0954. The summed E-state index contributed by atoms with van der Waals surface area (Å²) in [5.74, 6) is 1.41. The number of benzene rings is 1. The Labute approximate surface area is 135 Å². The molecule has 108 valence electrons. The summed E-state index contributed by atoms with van der Waals surface area (Å²) in [6, 6.07) is 5.87. The molecular formula is C14H17BrN2OS2. The van der Waals surface area contributed by atoms with Gasteiger partial charge in [-0.15, -0.1) is 11.3 Å². The van der Waals surface area contributed by atoms with Crippen molar-refractivity contribution in [3.05, 3.63) is 27.5 Å². The average Bonchev–Trinajstić information content (AvgIpc) is 2.75. The van der Waals surface area contributed by atoms with E-state index >= 15 is 0 Å². The standard InChI is InChI=1S/C14H17BrN2OS2/c1-8(7-19-2)6-17-14(18)13-12(16)11-9(15)4-3-5-10(11)20-13/h3-5,8H,6-7,16H2,1-2H3,(H,17,18). The molecule has 1 atom stereocenters. The first-order chi connectivity index (χ1) is 9.54. The van der Waals surface area contributed by atoms with Crippen molar-refractivity contribution in [2.45, 2.75) is 6.92 Å². The number of nitrogens with one attached hydrogen (secondary N) is 1. The van der Waals surface area contributed by atoms with Gasteiger partial charge < -0.3 is 11.1 Å². The Balaban J connectivity index is 2.19. The van der Waals surface area contributed by atoms with Crippen LogP contribution in [0.2, 0.25) is 0 Å². The quantitative estimate of drug-likeness (QED) is 0.834. The van der Waals surface area contributed by atoms with E-state index in [2.05, 4.69) is 34.4 Å². The van der Waals surface area contributed by atoms with E-state index in [4.69, 9.17) is 5.73 Å². The smallest absolute Gasteiger partial charge is 0.263 e. The number of thioether (sulfide) groups is 1. The second-order valence-electron chi connectivity index (χ2n) is 4.73. The molecule has 0 saturated carbocycles. The molecule has 0 aliphatic carbocycles. The summed E-state index contributed by atoms with van der Waals surface area (Å²) in [7, 11) is 0. The van der Waals surface area contributed by atoms with Gasteiger partial charge in [-0.25, -0.2) is 0 Å². The maximum atomic E-state index is 12.3. The van der Waals surface area contributed by atoms with E-state index < -0.39 is 0 Å². The van der Waals surface area contributed by atoms with Gasteiger partial charge >= 0.3 is 0 Å². The number of halogens is 1. The molecule has 2 rings (SSSR count). The summed E-state index contributed by atoms with van der Waals surface area (Å²) in [6.45, 7) is 2.80. The molecule has 3 nitrogen and oxygen atoms in total. The molecule has 0 aliphatic heterocycles. The Kier molecular flexibility index (Phi) is 5.35. The van der Waals surface area contributed by atoms with Crippen LogP contribution in [0.1, 0.15) is 16.6 Å². The SMILES string of the molecule is CSCC(C)CNC(=O)c1sc2cccc(Br)c2c1N. The van der Waals surface area contributed by atoms with Gasteiger partial charge in [0.2, 0.25) is 0 Å². The molecule has 1 heterocycles. The van der Waals surface area contributed by atoms with Crippen LogP contribution < -0.4 is 11.1 Å². The van der Waals surface area contributed by atoms with Gasteiger partial charge in [-0.05, 0) is 30.1 Å². The minimum Gasteiger partial charge on any atom is -0.397 e. The van der Waals surface area contributed by atoms with Crippen LogP contribution >= 0.6 is 39.0 Å². The number of nitrogen functional groups attached to an aromatic ring is 1. The van der Waals surface area contributed by atoms with E-state index in [-0.39, 0.29) is 5.91 Å². The maximum Gasteiger partial charge on any atom is 0.263 e. The predicted octanol–water partition coefficient (Wildman–Crippen LogP) is 3.97. The number of hydrogen-bond acceptors (Lipinski definition) is 4. The van der Waals surface area contributed by atoms with Gasteiger partial charge in [-0.1, -0.05) is 28.9 Å². The number of amides is 1. The summed E-state index contributed by atoms with van der Waals surface area (Å²) in [5, 5.41) is 3.90. The summed E-state index contributed by atoms with van der Waals surface area (Å²) < 4.78 is 1.96. The van der Waals surface area contributed by atoms with Crippen LogP contribution in [0.4, 0.5) is 5.69 Å². The molecule has 6 heteroatoms. The largest absolute Gasteiger partial charge is 0.397 e. The van der Waals surface area contributed by atoms with Crippen LogP contribution in [-0.2, 0) is 0 Å². The first kappa shape index (κ1) is 15.7. The van der Waals surface area contributed by atoms with E-state index in [9.17, 15) is 4.79 Å². The molecule has 20 heavy (non-hydrogen) atoms. The van der Waals surface area contributed by atoms with Gasteiger partial charge in [0.05, 0.1) is 5.69 Å². The fraction of sp³-hybridized carbons (Fsp3) is 0.357. The highest BCUT2D eigenvalue weighted by Gasteiger charge is 2.18. The lowest BCUT2D eigenvalue weighted by Crippen LogP contribution is -2.28. The van der Waals surface area contributed by atoms with Gasteiger partial charge in [0.15, 0.2) is 0 Å². The lowest BCUT2D eigenvalue weighted by atomic mass is 10.2. The number of fused-ring (bicyclic) bond motifs is 1. The number of anilines is 1. The van der Waals surface area contributed by atoms with E-state index in [1.807, 2.05) is 18.2 Å². The van der Waals surface area contributed by atoms with Crippen molar-refractivity contribution >= 4 is 60.7 Å². The van der Waals surface area contributed by atoms with E-state index in [1.54, 1.807) is 11.8 Å². The minimum absolute atomic E-state index is 0.0800. The van der Waals surface area contributed by atoms with E-state index in [1.165, 1.54) is 11.3 Å². The van der Waals surface area contributed by atoms with Crippen molar-refractivity contribution in [1.29, 1.82) is 0 Å². The van der Waals surface area contributed by atoms with Crippen LogP contribution in [0.25, 0.3) is 10.1 Å². The zero-order valence-corrected chi connectivity index (χ0v) is 14.6. The third-order valence-electron chi connectivity index (χ3n) is 2.97. The Morgan fingerprint density at radius 3 is 2.95 bits per heavy atom. The normalized spacial score (nSPS) is 12.6. The van der Waals surface area contributed by atoms with Crippen molar-refractivity contribution in [3.63, 3.8) is 0 Å². The van der Waals surface area contributed by atoms with Crippen molar-refractivity contribution in [3.8, 4) is 0 Å². The molecule has 3 N–H and O–H groups in total. The molecule has 1 amide bonds. The van der Waals surface area contributed by atoms with E-state index in [0.29, 0.717) is 23.0 Å². The van der Waals surface area contributed by atoms with Crippen LogP contribution in [0.3, 0.4) is 0 Å². The zero-order chi connectivity index (χ0) is 14.7. The van der Waals surface area contributed by atoms with Gasteiger partial charge in [0.1, 0.15) is 4.88 Å². The Morgan fingerprint density at radius 1 is 1.55 bits per heavy atom. The second-order valence-corrected chi connectivity index (χ2v) is 7.55. The van der Waals surface area contributed by atoms with Crippen LogP contribution in [0, 0.1) is 5.92 Å². The third kappa shape index (κ3) is 3.30. The van der Waals surface area contributed by atoms with Crippen molar-refractivity contribution < 1.29 is 4.79 Å². The first-order valence-electron chi connectivity index (χ1n) is 6.28. The zero-order valence-electron chi connectivity index (χ0n) is 11.4. The fourth-order valence-corrected chi connectivity index (χ4v) is 4.45. The Hall–Kier alpha value is -0.720. The molecule has 0 aliphatic rings. The van der Waals surface area contributed by atoms with Gasteiger partial charge in [0, 0.05) is 21.1 Å². The van der Waals surface area contributed by atoms with Crippen molar-refractivity contribution in [2.75, 3.05) is 24.3 Å². The summed E-state index contributed by atoms with van der Waals surface area (Å²) in [4.78, 5) is 12.9. The highest BCUT2D eigenvalue weighted by molar-refractivity contribution is 9.10. The van der Waals surface area contributed by atoms with E-state index in [0.717, 1.165) is 20.3 Å². The molecule has 0 radical (unpaired) electrons. The maximum absolute atomic E-state index is 12.3. The van der Waals surface area contributed by atoms with Crippen molar-refractivity contribution in [2.24, 2.45) is 5.92 Å². The van der Waals surface area contributed by atoms with Gasteiger partial charge in [-0.2, -0.15) is 11.8 Å². The highest BCUT2D eigenvalue weighted by atomic mass is 79.9. The number of rotatable bonds is 5. The Morgan fingerprint density at radius 2 is 2.30 bits per heavy atom. The molecule has 0 spiro atoms. The predicted molar refractivity (Wildman–Crippen MR) is 93.8 cm³/mol. The minimum atomic E-state index is -0.0800. The third-order valence-corrected chi connectivity index (χ3v) is 5.70. The number of carbonyl (C=O) groups excluding carboxylic acids is 1. The van der Waals surface area contributed by atoms with Crippen LogP contribution in [0.5, 0.6) is 0 Å². The van der Waals surface area contributed by atoms with Crippen LogP contribution in [0.15, 0.2) is 22.7 Å². The molecule has 1 unspecified atom stereocenters. The van der Waals surface area contributed by atoms with Gasteiger partial charge in [0.25, 0.3) is 5.91 Å². The molecule has 0 saturated heterocycles. The molecule has 0 fully saturated rings. The first-order valence-corrected chi connectivity index (χ1v) is 9.28. The summed E-state index contributed by atoms with van der Waals surface area (Å²) >= 11 is 6.71. The number of nitrogens with two attached hydrogens (primary N) is 1. The molecule has 1 aromatic carbocycles. The Bertz CT molecular complexity index is 627. The lowest BCUT2D eigenvalue weighted by Gasteiger charge is -2.10. The number of hydrogen-bond donors (Lipinski definition) is 2. The van der Waals surface area contributed by atoms with Gasteiger partial charge in [-0.3, -0.25) is 4.79 Å². The monoisotopic (exact) mass is 372 g/mol. The molecular weight excluding hydrogens is 356 g/mol. The highest BCUT2D eigenvalue weighted by Crippen LogP contribution is 2.38. The molecule has 1 aromatic heterocycles. The topological polar surface area (TPSA) is 55.1 Å². The summed E-state index contributed by atoms with van der Waals surface area (Å²) in [5.41, 5.74) is 6.68. The number of carbonyl (C=O) groups is 1. The molecule has 0 bridgehead atoms. The van der Waals surface area contributed by atoms with Crippen molar-refractivity contribution in [1.82, 2.24) is 5.32 Å². The summed E-state index contributed by atoms with van der Waals surface area (Å²) in [6.07, 6.45) is 2.07. The average molecular weight is 373 g/mol. The number of thiophene rings is 1. The fourth-order valence-electron chi connectivity index (χ4n) is 1.99. The van der Waals surface area contributed by atoms with Crippen LogP contribution in [-0.4, -0.2) is 24.5 Å². The molecule has 2 aromatic rings.